The van der Waals surface area contributed by atoms with Crippen LogP contribution in [0.15, 0.2) is 30.5 Å². The third-order valence-corrected chi connectivity index (χ3v) is 3.91. The van der Waals surface area contributed by atoms with E-state index < -0.39 is 12.0 Å². The van der Waals surface area contributed by atoms with Gasteiger partial charge in [0.25, 0.3) is 0 Å². The van der Waals surface area contributed by atoms with Crippen molar-refractivity contribution in [2.45, 2.75) is 32.2 Å². The van der Waals surface area contributed by atoms with E-state index in [2.05, 4.69) is 18.8 Å². The molecule has 0 aliphatic carbocycles. The Balaban J connectivity index is 2.51. The van der Waals surface area contributed by atoms with Crippen LogP contribution in [0.25, 0.3) is 10.9 Å². The molecule has 1 aromatic heterocycles. The van der Waals surface area contributed by atoms with Gasteiger partial charge in [-0.15, -0.1) is 0 Å². The number of H-pyrrole nitrogens is 1. The molecule has 0 spiro atoms. The van der Waals surface area contributed by atoms with E-state index in [1.165, 1.54) is 0 Å². The summed E-state index contributed by atoms with van der Waals surface area (Å²) in [6.07, 6.45) is 2.79. The second-order valence-electron chi connectivity index (χ2n) is 5.06. The minimum Gasteiger partial charge on any atom is -0.480 e. The van der Waals surface area contributed by atoms with Crippen LogP contribution < -0.4 is 5.73 Å². The Hall–Kier alpha value is -1.81. The molecular formula is C15H20N2O2. The second kappa shape index (κ2) is 5.45. The molecule has 0 saturated heterocycles. The van der Waals surface area contributed by atoms with E-state index >= 15 is 0 Å². The molecule has 0 aliphatic heterocycles. The van der Waals surface area contributed by atoms with Crippen LogP contribution in [0.2, 0.25) is 0 Å². The number of rotatable bonds is 5. The van der Waals surface area contributed by atoms with Crippen LogP contribution in [0.1, 0.15) is 31.7 Å². The van der Waals surface area contributed by atoms with Gasteiger partial charge in [0.2, 0.25) is 0 Å². The number of nitrogens with two attached hydrogens (primary N) is 1. The highest BCUT2D eigenvalue weighted by molar-refractivity contribution is 5.85. The predicted octanol–water partition coefficient (Wildman–Crippen LogP) is 2.71. The van der Waals surface area contributed by atoms with Gasteiger partial charge in [-0.3, -0.25) is 4.79 Å². The lowest BCUT2D eigenvalue weighted by molar-refractivity contribution is -0.139. The van der Waals surface area contributed by atoms with Crippen LogP contribution >= 0.6 is 0 Å². The van der Waals surface area contributed by atoms with Crippen LogP contribution in [-0.4, -0.2) is 22.1 Å². The molecule has 4 heteroatoms. The average Bonchev–Trinajstić information content (AvgIpc) is 2.82. The average molecular weight is 260 g/mol. The molecule has 0 saturated carbocycles. The number of fused-ring (bicyclic) bond motifs is 1. The third kappa shape index (κ3) is 2.49. The van der Waals surface area contributed by atoms with E-state index in [4.69, 9.17) is 5.73 Å². The summed E-state index contributed by atoms with van der Waals surface area (Å²) in [6.45, 7) is 4.11. The molecule has 0 amide bonds. The van der Waals surface area contributed by atoms with Gasteiger partial charge in [0.15, 0.2) is 0 Å². The van der Waals surface area contributed by atoms with E-state index in [1.807, 2.05) is 30.5 Å². The SMILES string of the molecule is CCC(C)[C@H](c1c[nH]c2ccccc12)[C@H](N)C(=O)O. The van der Waals surface area contributed by atoms with Crippen molar-refractivity contribution in [1.82, 2.24) is 4.98 Å². The van der Waals surface area contributed by atoms with Gasteiger partial charge in [0.05, 0.1) is 0 Å². The first-order valence-corrected chi connectivity index (χ1v) is 6.60. The van der Waals surface area contributed by atoms with Crippen LogP contribution in [0.4, 0.5) is 0 Å². The normalized spacial score (nSPS) is 16.2. The Labute approximate surface area is 112 Å². The zero-order valence-corrected chi connectivity index (χ0v) is 11.3. The van der Waals surface area contributed by atoms with Crippen molar-refractivity contribution in [2.24, 2.45) is 11.7 Å². The molecule has 19 heavy (non-hydrogen) atoms. The first-order chi connectivity index (χ1) is 9.06. The molecule has 1 unspecified atom stereocenters. The molecule has 1 aromatic carbocycles. The maximum atomic E-state index is 11.3. The van der Waals surface area contributed by atoms with Crippen molar-refractivity contribution in [3.8, 4) is 0 Å². The Kier molecular flexibility index (Phi) is 3.90. The minimum absolute atomic E-state index is 0.182. The summed E-state index contributed by atoms with van der Waals surface area (Å²) in [5.41, 5.74) is 7.92. The second-order valence-corrected chi connectivity index (χ2v) is 5.06. The molecule has 1 heterocycles. The predicted molar refractivity (Wildman–Crippen MR) is 76.1 cm³/mol. The van der Waals surface area contributed by atoms with Gasteiger partial charge < -0.3 is 15.8 Å². The van der Waals surface area contributed by atoms with Crippen molar-refractivity contribution in [2.75, 3.05) is 0 Å². The van der Waals surface area contributed by atoms with Gasteiger partial charge in [0, 0.05) is 23.0 Å². The number of nitrogens with one attached hydrogen (secondary N) is 1. The van der Waals surface area contributed by atoms with Gasteiger partial charge in [-0.1, -0.05) is 38.5 Å². The summed E-state index contributed by atoms with van der Waals surface area (Å²) in [5, 5.41) is 10.3. The number of carboxylic acids is 1. The molecule has 0 bridgehead atoms. The fraction of sp³-hybridized carbons (Fsp3) is 0.400. The Morgan fingerprint density at radius 3 is 2.74 bits per heavy atom. The quantitative estimate of drug-likeness (QED) is 0.773. The minimum atomic E-state index is -0.949. The van der Waals surface area contributed by atoms with Crippen LogP contribution in [0, 0.1) is 5.92 Å². The first kappa shape index (κ1) is 13.6. The van der Waals surface area contributed by atoms with E-state index in [-0.39, 0.29) is 11.8 Å². The third-order valence-electron chi connectivity index (χ3n) is 3.91. The monoisotopic (exact) mass is 260 g/mol. The molecule has 3 atom stereocenters. The van der Waals surface area contributed by atoms with Gasteiger partial charge in [0.1, 0.15) is 6.04 Å². The summed E-state index contributed by atoms with van der Waals surface area (Å²) in [6, 6.07) is 7.02. The fourth-order valence-corrected chi connectivity index (χ4v) is 2.63. The lowest BCUT2D eigenvalue weighted by Crippen LogP contribution is -2.39. The van der Waals surface area contributed by atoms with E-state index in [1.54, 1.807) is 0 Å². The zero-order valence-electron chi connectivity index (χ0n) is 11.3. The van der Waals surface area contributed by atoms with E-state index in [0.29, 0.717) is 0 Å². The van der Waals surface area contributed by atoms with E-state index in [9.17, 15) is 9.90 Å². The lowest BCUT2D eigenvalue weighted by Gasteiger charge is -2.26. The van der Waals surface area contributed by atoms with Gasteiger partial charge in [-0.05, 0) is 17.5 Å². The van der Waals surface area contributed by atoms with Crippen LogP contribution in [0.3, 0.4) is 0 Å². The number of para-hydroxylation sites is 1. The number of hydrogen-bond donors (Lipinski definition) is 3. The summed E-state index contributed by atoms with van der Waals surface area (Å²) in [7, 11) is 0. The number of carboxylic acid groups (broad SMARTS) is 1. The fourth-order valence-electron chi connectivity index (χ4n) is 2.63. The van der Waals surface area contributed by atoms with Crippen molar-refractivity contribution in [3.05, 3.63) is 36.0 Å². The Bertz CT molecular complexity index is 576. The number of benzene rings is 1. The van der Waals surface area contributed by atoms with Gasteiger partial charge >= 0.3 is 5.97 Å². The van der Waals surface area contributed by atoms with Gasteiger partial charge in [-0.25, -0.2) is 0 Å². The highest BCUT2D eigenvalue weighted by Gasteiger charge is 2.31. The number of aromatic amines is 1. The summed E-state index contributed by atoms with van der Waals surface area (Å²) in [5.74, 6) is -0.917. The summed E-state index contributed by atoms with van der Waals surface area (Å²) in [4.78, 5) is 14.5. The number of aliphatic carboxylic acids is 1. The largest absolute Gasteiger partial charge is 0.480 e. The maximum absolute atomic E-state index is 11.3. The molecule has 4 nitrogen and oxygen atoms in total. The molecule has 0 radical (unpaired) electrons. The van der Waals surface area contributed by atoms with Crippen molar-refractivity contribution >= 4 is 16.9 Å². The molecule has 0 fully saturated rings. The highest BCUT2D eigenvalue weighted by Crippen LogP contribution is 2.34. The zero-order chi connectivity index (χ0) is 14.0. The standard InChI is InChI=1S/C15H20N2O2/c1-3-9(2)13(14(16)15(18)19)11-8-17-12-7-5-4-6-10(11)12/h4-9,13-14,17H,3,16H2,1-2H3,(H,18,19)/t9?,13-,14+/m1/s1. The van der Waals surface area contributed by atoms with Crippen molar-refractivity contribution in [3.63, 3.8) is 0 Å². The first-order valence-electron chi connectivity index (χ1n) is 6.60. The number of carbonyl (C=O) groups is 1. The molecule has 0 aliphatic rings. The molecule has 2 rings (SSSR count). The van der Waals surface area contributed by atoms with Crippen molar-refractivity contribution in [1.29, 1.82) is 0 Å². The van der Waals surface area contributed by atoms with Gasteiger partial charge in [-0.2, -0.15) is 0 Å². The molecular weight excluding hydrogens is 240 g/mol. The lowest BCUT2D eigenvalue weighted by atomic mass is 9.80. The summed E-state index contributed by atoms with van der Waals surface area (Å²) < 4.78 is 0. The maximum Gasteiger partial charge on any atom is 0.321 e. The Morgan fingerprint density at radius 2 is 2.11 bits per heavy atom. The number of hydrogen-bond acceptors (Lipinski definition) is 2. The topological polar surface area (TPSA) is 79.1 Å². The van der Waals surface area contributed by atoms with Crippen LogP contribution in [-0.2, 0) is 4.79 Å². The number of aromatic nitrogens is 1. The van der Waals surface area contributed by atoms with Crippen molar-refractivity contribution < 1.29 is 9.90 Å². The molecule has 102 valence electrons. The highest BCUT2D eigenvalue weighted by atomic mass is 16.4. The van der Waals surface area contributed by atoms with Crippen LogP contribution in [0.5, 0.6) is 0 Å². The summed E-state index contributed by atoms with van der Waals surface area (Å²) >= 11 is 0. The molecule has 4 N–H and O–H groups in total. The molecule has 2 aromatic rings. The smallest absolute Gasteiger partial charge is 0.321 e. The Morgan fingerprint density at radius 1 is 1.42 bits per heavy atom. The van der Waals surface area contributed by atoms with E-state index in [0.717, 1.165) is 22.9 Å².